The van der Waals surface area contributed by atoms with Gasteiger partial charge in [-0.2, -0.15) is 0 Å². The molecule has 4 aliphatic carbocycles. The van der Waals surface area contributed by atoms with Gasteiger partial charge in [-0.25, -0.2) is 0 Å². The zero-order valence-electron chi connectivity index (χ0n) is 15.3. The van der Waals surface area contributed by atoms with Crippen LogP contribution in [0, 0.1) is 64.6 Å². The second kappa shape index (κ2) is 4.61. The van der Waals surface area contributed by atoms with Crippen LogP contribution in [0.4, 0.5) is 0 Å². The van der Waals surface area contributed by atoms with Crippen molar-refractivity contribution in [2.24, 2.45) is 64.6 Å². The maximum atomic E-state index is 13.2. The maximum absolute atomic E-state index is 13.2. The van der Waals surface area contributed by atoms with Crippen molar-refractivity contribution in [1.82, 2.24) is 0 Å². The normalized spacial score (nSPS) is 63.1. The van der Waals surface area contributed by atoms with Crippen molar-refractivity contribution < 1.29 is 4.79 Å². The molecule has 0 N–H and O–H groups in total. The zero-order chi connectivity index (χ0) is 16.0. The molecule has 2 bridgehead atoms. The van der Waals surface area contributed by atoms with Crippen LogP contribution in [0.2, 0.25) is 0 Å². The van der Waals surface area contributed by atoms with Crippen LogP contribution >= 0.6 is 0 Å². The third-order valence-corrected chi connectivity index (χ3v) is 9.50. The van der Waals surface area contributed by atoms with E-state index in [1.54, 1.807) is 0 Å². The minimum Gasteiger partial charge on any atom is -0.299 e. The SMILES string of the molecule is CCC1C2C(C)C(C)C12C1C(=O)CC2CC(C(C)C2C)C1C. The monoisotopic (exact) mass is 302 g/mol. The number of carbonyl (C=O) groups excluding carboxylic acids is 1. The van der Waals surface area contributed by atoms with Crippen LogP contribution in [-0.2, 0) is 4.79 Å². The molecule has 4 fully saturated rings. The summed E-state index contributed by atoms with van der Waals surface area (Å²) >= 11 is 0. The molecule has 1 heteroatoms. The van der Waals surface area contributed by atoms with Gasteiger partial charge in [0.1, 0.15) is 5.78 Å². The fourth-order valence-corrected chi connectivity index (χ4v) is 8.20. The molecule has 0 radical (unpaired) electrons. The predicted octanol–water partition coefficient (Wildman–Crippen LogP) is 5.05. The topological polar surface area (TPSA) is 17.1 Å². The Hall–Kier alpha value is -0.330. The molecule has 1 nitrogen and oxygen atoms in total. The largest absolute Gasteiger partial charge is 0.299 e. The van der Waals surface area contributed by atoms with Gasteiger partial charge in [-0.05, 0) is 65.1 Å². The van der Waals surface area contributed by atoms with Gasteiger partial charge in [-0.15, -0.1) is 0 Å². The van der Waals surface area contributed by atoms with Gasteiger partial charge in [0.05, 0.1) is 0 Å². The fraction of sp³-hybridized carbons (Fsp3) is 0.952. The minimum absolute atomic E-state index is 0.388. The highest BCUT2D eigenvalue weighted by atomic mass is 16.1. The molecule has 11 unspecified atom stereocenters. The van der Waals surface area contributed by atoms with E-state index < -0.39 is 0 Å². The van der Waals surface area contributed by atoms with Gasteiger partial charge in [-0.1, -0.05) is 48.0 Å². The first-order valence-corrected chi connectivity index (χ1v) is 9.89. The van der Waals surface area contributed by atoms with Crippen LogP contribution in [-0.4, -0.2) is 5.78 Å². The van der Waals surface area contributed by atoms with Crippen LogP contribution < -0.4 is 0 Å². The smallest absolute Gasteiger partial charge is 0.137 e. The van der Waals surface area contributed by atoms with Crippen LogP contribution in [0.25, 0.3) is 0 Å². The van der Waals surface area contributed by atoms with E-state index in [1.807, 2.05) is 0 Å². The summed E-state index contributed by atoms with van der Waals surface area (Å²) in [5.41, 5.74) is 0.415. The number of carbonyl (C=O) groups is 1. The van der Waals surface area contributed by atoms with Crippen LogP contribution in [0.1, 0.15) is 60.8 Å². The van der Waals surface area contributed by atoms with E-state index in [-0.39, 0.29) is 0 Å². The molecular weight excluding hydrogens is 268 g/mol. The standard InChI is InChI=1S/C21H34O/c1-7-17-19-12(4)14(6)21(17,19)20-13(5)16-8-15(9-18(20)22)10(2)11(16)3/h10-17,19-20H,7-9H2,1-6H3. The lowest BCUT2D eigenvalue weighted by Crippen LogP contribution is -2.48. The Balaban J connectivity index is 1.69. The average Bonchev–Trinajstić information content (AvgIpc) is 3.06. The van der Waals surface area contributed by atoms with Gasteiger partial charge < -0.3 is 0 Å². The number of fused-ring (bicyclic) bond motifs is 3. The summed E-state index contributed by atoms with van der Waals surface area (Å²) in [5.74, 6) is 8.04. The first-order valence-electron chi connectivity index (χ1n) is 9.89. The summed E-state index contributed by atoms with van der Waals surface area (Å²) in [6.07, 6.45) is 3.51. The molecule has 0 aromatic carbocycles. The molecule has 22 heavy (non-hydrogen) atoms. The summed E-state index contributed by atoms with van der Waals surface area (Å²) in [5, 5.41) is 0. The third-order valence-electron chi connectivity index (χ3n) is 9.50. The van der Waals surface area contributed by atoms with E-state index in [0.717, 1.165) is 47.8 Å². The van der Waals surface area contributed by atoms with Gasteiger partial charge in [0, 0.05) is 12.3 Å². The predicted molar refractivity (Wildman–Crippen MR) is 90.2 cm³/mol. The van der Waals surface area contributed by atoms with E-state index in [2.05, 4.69) is 41.5 Å². The number of hydrogen-bond donors (Lipinski definition) is 0. The first-order chi connectivity index (χ1) is 10.4. The van der Waals surface area contributed by atoms with Gasteiger partial charge in [0.15, 0.2) is 0 Å². The number of ketones is 1. The molecule has 4 aliphatic rings. The summed E-state index contributed by atoms with van der Waals surface area (Å²) in [6.45, 7) is 14.5. The Morgan fingerprint density at radius 2 is 1.68 bits per heavy atom. The van der Waals surface area contributed by atoms with E-state index in [1.165, 1.54) is 12.8 Å². The van der Waals surface area contributed by atoms with E-state index in [9.17, 15) is 4.79 Å². The second-order valence-corrected chi connectivity index (χ2v) is 9.57. The molecule has 4 rings (SSSR count). The Bertz CT molecular complexity index is 490. The molecule has 0 aliphatic heterocycles. The molecule has 0 aromatic heterocycles. The van der Waals surface area contributed by atoms with Crippen molar-refractivity contribution in [2.45, 2.75) is 60.8 Å². The molecule has 0 heterocycles. The molecule has 11 atom stereocenters. The highest BCUT2D eigenvalue weighted by Gasteiger charge is 2.80. The van der Waals surface area contributed by atoms with Gasteiger partial charge in [0.25, 0.3) is 0 Å². The van der Waals surface area contributed by atoms with Gasteiger partial charge in [0.2, 0.25) is 0 Å². The molecular formula is C21H34O. The summed E-state index contributed by atoms with van der Waals surface area (Å²) in [7, 11) is 0. The Morgan fingerprint density at radius 3 is 2.27 bits per heavy atom. The Labute approximate surface area is 136 Å². The zero-order valence-corrected chi connectivity index (χ0v) is 15.3. The van der Waals surface area contributed by atoms with E-state index in [0.29, 0.717) is 29.0 Å². The fourth-order valence-electron chi connectivity index (χ4n) is 8.20. The van der Waals surface area contributed by atoms with Crippen molar-refractivity contribution >= 4 is 5.78 Å². The average molecular weight is 303 g/mol. The van der Waals surface area contributed by atoms with Crippen LogP contribution in [0.5, 0.6) is 0 Å². The van der Waals surface area contributed by atoms with Crippen molar-refractivity contribution in [3.05, 3.63) is 0 Å². The highest BCUT2D eigenvalue weighted by Crippen LogP contribution is 2.83. The van der Waals surface area contributed by atoms with Crippen molar-refractivity contribution in [3.63, 3.8) is 0 Å². The lowest BCUT2D eigenvalue weighted by atomic mass is 9.55. The van der Waals surface area contributed by atoms with Crippen LogP contribution in [0.3, 0.4) is 0 Å². The number of Topliss-reactive ketones (excluding diaryl/α,β-unsaturated/α-hetero) is 1. The van der Waals surface area contributed by atoms with Gasteiger partial charge in [-0.3, -0.25) is 4.79 Å². The summed E-state index contributed by atoms with van der Waals surface area (Å²) < 4.78 is 0. The summed E-state index contributed by atoms with van der Waals surface area (Å²) in [6, 6.07) is 0. The number of hydrogen-bond acceptors (Lipinski definition) is 1. The highest BCUT2D eigenvalue weighted by molar-refractivity contribution is 5.84. The molecule has 0 saturated heterocycles. The molecule has 124 valence electrons. The minimum atomic E-state index is 0.388. The van der Waals surface area contributed by atoms with E-state index in [4.69, 9.17) is 0 Å². The van der Waals surface area contributed by atoms with Crippen molar-refractivity contribution in [1.29, 1.82) is 0 Å². The lowest BCUT2D eigenvalue weighted by Gasteiger charge is -2.48. The Morgan fingerprint density at radius 1 is 1.00 bits per heavy atom. The summed E-state index contributed by atoms with van der Waals surface area (Å²) in [4.78, 5) is 13.2. The maximum Gasteiger partial charge on any atom is 0.137 e. The number of rotatable bonds is 2. The van der Waals surface area contributed by atoms with E-state index >= 15 is 0 Å². The lowest BCUT2D eigenvalue weighted by molar-refractivity contribution is -0.135. The second-order valence-electron chi connectivity index (χ2n) is 9.57. The molecule has 0 amide bonds. The van der Waals surface area contributed by atoms with Crippen LogP contribution in [0.15, 0.2) is 0 Å². The molecule has 4 saturated carbocycles. The molecule has 0 spiro atoms. The Kier molecular flexibility index (Phi) is 3.18. The van der Waals surface area contributed by atoms with Crippen molar-refractivity contribution in [3.8, 4) is 0 Å². The van der Waals surface area contributed by atoms with Gasteiger partial charge >= 0.3 is 0 Å². The quantitative estimate of drug-likeness (QED) is 0.697. The third kappa shape index (κ3) is 1.50. The molecule has 0 aromatic rings. The first kappa shape index (κ1) is 15.2. The van der Waals surface area contributed by atoms with Crippen molar-refractivity contribution in [2.75, 3.05) is 0 Å².